The molecule has 134 valence electrons. The average molecular weight is 332 g/mol. The third-order valence-corrected chi connectivity index (χ3v) is 4.59. The number of aromatic nitrogens is 1. The fourth-order valence-corrected chi connectivity index (χ4v) is 2.76. The molecule has 0 amide bonds. The van der Waals surface area contributed by atoms with E-state index in [1.54, 1.807) is 0 Å². The summed E-state index contributed by atoms with van der Waals surface area (Å²) in [5.41, 5.74) is 1.27. The molecule has 24 heavy (non-hydrogen) atoms. The number of ether oxygens (including phenoxy) is 1. The van der Waals surface area contributed by atoms with Gasteiger partial charge in [-0.05, 0) is 36.3 Å². The second kappa shape index (κ2) is 9.62. The first-order valence-electron chi connectivity index (χ1n) is 9.01. The highest BCUT2D eigenvalue weighted by Crippen LogP contribution is 2.28. The maximum atomic E-state index is 5.72. The van der Waals surface area contributed by atoms with Gasteiger partial charge >= 0.3 is 0 Å². The molecular formula is C19H32N4O. The Morgan fingerprint density at radius 1 is 1.46 bits per heavy atom. The van der Waals surface area contributed by atoms with Crippen LogP contribution in [0.15, 0.2) is 29.5 Å². The monoisotopic (exact) mass is 332 g/mol. The third-order valence-electron chi connectivity index (χ3n) is 4.59. The van der Waals surface area contributed by atoms with Gasteiger partial charge in [-0.15, -0.1) is 0 Å². The van der Waals surface area contributed by atoms with Crippen LogP contribution in [0.3, 0.4) is 0 Å². The molecule has 1 saturated carbocycles. The van der Waals surface area contributed by atoms with Crippen LogP contribution in [0.1, 0.15) is 38.2 Å². The molecular weight excluding hydrogens is 300 g/mol. The van der Waals surface area contributed by atoms with Crippen LogP contribution in [0.5, 0.6) is 0 Å². The molecule has 1 heterocycles. The molecule has 0 aliphatic heterocycles. The Morgan fingerprint density at radius 3 is 2.83 bits per heavy atom. The first-order chi connectivity index (χ1) is 11.6. The van der Waals surface area contributed by atoms with Crippen molar-refractivity contribution in [2.75, 3.05) is 40.4 Å². The normalized spacial score (nSPS) is 16.3. The first kappa shape index (κ1) is 18.7. The molecule has 0 radical (unpaired) electrons. The summed E-state index contributed by atoms with van der Waals surface area (Å²) in [6.45, 7) is 7.87. The lowest BCUT2D eigenvalue weighted by Crippen LogP contribution is -2.42. The van der Waals surface area contributed by atoms with Gasteiger partial charge in [0.1, 0.15) is 0 Å². The molecule has 1 aromatic rings. The molecule has 2 rings (SSSR count). The highest BCUT2D eigenvalue weighted by atomic mass is 16.5. The van der Waals surface area contributed by atoms with Crippen LogP contribution in [0, 0.1) is 11.8 Å². The maximum Gasteiger partial charge on any atom is 0.193 e. The summed E-state index contributed by atoms with van der Waals surface area (Å²) in [6, 6.07) is 4.15. The van der Waals surface area contributed by atoms with Crippen molar-refractivity contribution in [2.45, 2.75) is 32.6 Å². The summed E-state index contributed by atoms with van der Waals surface area (Å²) in [4.78, 5) is 10.8. The van der Waals surface area contributed by atoms with Crippen LogP contribution in [0.4, 0.5) is 0 Å². The lowest BCUT2D eigenvalue weighted by atomic mass is 9.89. The Bertz CT molecular complexity index is 499. The molecule has 1 fully saturated rings. The molecule has 1 aliphatic rings. The number of nitrogens with zero attached hydrogens (tertiary/aromatic N) is 3. The van der Waals surface area contributed by atoms with Gasteiger partial charge in [-0.1, -0.05) is 19.9 Å². The van der Waals surface area contributed by atoms with Gasteiger partial charge < -0.3 is 15.0 Å². The van der Waals surface area contributed by atoms with Crippen LogP contribution < -0.4 is 5.32 Å². The molecule has 0 spiro atoms. The number of pyridine rings is 1. The number of hydrogen-bond donors (Lipinski definition) is 1. The van der Waals surface area contributed by atoms with Crippen LogP contribution >= 0.6 is 0 Å². The Balaban J connectivity index is 1.79. The van der Waals surface area contributed by atoms with E-state index in [-0.39, 0.29) is 0 Å². The van der Waals surface area contributed by atoms with Crippen molar-refractivity contribution in [3.63, 3.8) is 0 Å². The van der Waals surface area contributed by atoms with Crippen molar-refractivity contribution in [1.82, 2.24) is 15.2 Å². The highest BCUT2D eigenvalue weighted by molar-refractivity contribution is 5.79. The molecule has 5 nitrogen and oxygen atoms in total. The predicted molar refractivity (Wildman–Crippen MR) is 99.4 cm³/mol. The molecule has 0 bridgehead atoms. The zero-order valence-corrected chi connectivity index (χ0v) is 15.5. The summed E-state index contributed by atoms with van der Waals surface area (Å²) in [5.74, 6) is 2.68. The van der Waals surface area contributed by atoms with Crippen molar-refractivity contribution in [1.29, 1.82) is 0 Å². The van der Waals surface area contributed by atoms with Gasteiger partial charge in [-0.2, -0.15) is 0 Å². The van der Waals surface area contributed by atoms with Gasteiger partial charge in [0, 0.05) is 52.1 Å². The van der Waals surface area contributed by atoms with Crippen LogP contribution in [0.25, 0.3) is 0 Å². The van der Waals surface area contributed by atoms with Crippen molar-refractivity contribution in [2.24, 2.45) is 16.8 Å². The largest absolute Gasteiger partial charge is 0.379 e. The Labute approximate surface area is 146 Å². The molecule has 1 unspecified atom stereocenters. The van der Waals surface area contributed by atoms with Gasteiger partial charge in [-0.25, -0.2) is 0 Å². The summed E-state index contributed by atoms with van der Waals surface area (Å²) < 4.78 is 5.72. The van der Waals surface area contributed by atoms with E-state index in [0.717, 1.165) is 38.2 Å². The smallest absolute Gasteiger partial charge is 0.193 e. The van der Waals surface area contributed by atoms with E-state index in [1.165, 1.54) is 18.4 Å². The Kier molecular flexibility index (Phi) is 7.50. The molecule has 1 atom stereocenters. The van der Waals surface area contributed by atoms with Crippen LogP contribution in [-0.2, 0) is 4.74 Å². The topological polar surface area (TPSA) is 49.8 Å². The standard InChI is InChI=1S/C19H32N4O/c1-15(2)18(17-6-5-9-21-12-17)13-22-19(20-3)23(4)10-11-24-14-16-7-8-16/h5-6,9,12,15-16,18H,7-8,10-11,13-14H2,1-4H3,(H,20,22). The number of guanidine groups is 1. The molecule has 0 aromatic carbocycles. The molecule has 1 aromatic heterocycles. The number of nitrogens with one attached hydrogen (secondary N) is 1. The van der Waals surface area contributed by atoms with Gasteiger partial charge in [0.05, 0.1) is 6.61 Å². The van der Waals surface area contributed by atoms with Crippen molar-refractivity contribution in [3.8, 4) is 0 Å². The minimum Gasteiger partial charge on any atom is -0.379 e. The summed E-state index contributed by atoms with van der Waals surface area (Å²) in [5, 5.41) is 3.50. The zero-order valence-electron chi connectivity index (χ0n) is 15.5. The van der Waals surface area contributed by atoms with E-state index in [4.69, 9.17) is 4.74 Å². The third kappa shape index (κ3) is 6.11. The van der Waals surface area contributed by atoms with Gasteiger partial charge in [0.15, 0.2) is 5.96 Å². The zero-order chi connectivity index (χ0) is 17.4. The van der Waals surface area contributed by atoms with E-state index in [1.807, 2.05) is 25.5 Å². The number of hydrogen-bond acceptors (Lipinski definition) is 3. The number of aliphatic imine (C=N–C) groups is 1. The Hall–Kier alpha value is -1.62. The number of rotatable bonds is 9. The SMILES string of the molecule is CN=C(NCC(c1cccnc1)C(C)C)N(C)CCOCC1CC1. The first-order valence-corrected chi connectivity index (χ1v) is 9.01. The van der Waals surface area contributed by atoms with Gasteiger partial charge in [0.2, 0.25) is 0 Å². The maximum absolute atomic E-state index is 5.72. The van der Waals surface area contributed by atoms with E-state index in [2.05, 4.69) is 47.2 Å². The molecule has 0 saturated heterocycles. The minimum atomic E-state index is 0.412. The van der Waals surface area contributed by atoms with E-state index < -0.39 is 0 Å². The lowest BCUT2D eigenvalue weighted by molar-refractivity contribution is 0.115. The van der Waals surface area contributed by atoms with E-state index in [0.29, 0.717) is 11.8 Å². The Morgan fingerprint density at radius 2 is 2.25 bits per heavy atom. The second-order valence-electron chi connectivity index (χ2n) is 7.00. The van der Waals surface area contributed by atoms with Crippen molar-refractivity contribution in [3.05, 3.63) is 30.1 Å². The predicted octanol–water partition coefficient (Wildman–Crippen LogP) is 2.76. The molecule has 5 heteroatoms. The summed E-state index contributed by atoms with van der Waals surface area (Å²) in [6.07, 6.45) is 6.46. The number of likely N-dealkylation sites (N-methyl/N-ethyl adjacent to an activating group) is 1. The fraction of sp³-hybridized carbons (Fsp3) is 0.684. The highest BCUT2D eigenvalue weighted by Gasteiger charge is 2.21. The van der Waals surface area contributed by atoms with Crippen LogP contribution in [-0.4, -0.2) is 56.2 Å². The molecule has 1 aliphatic carbocycles. The fourth-order valence-electron chi connectivity index (χ4n) is 2.76. The molecule has 1 N–H and O–H groups in total. The van der Waals surface area contributed by atoms with Crippen LogP contribution in [0.2, 0.25) is 0 Å². The van der Waals surface area contributed by atoms with Gasteiger partial charge in [-0.3, -0.25) is 9.98 Å². The van der Waals surface area contributed by atoms with Crippen molar-refractivity contribution < 1.29 is 4.74 Å². The quantitative estimate of drug-likeness (QED) is 0.429. The average Bonchev–Trinajstić information content (AvgIpc) is 3.40. The lowest BCUT2D eigenvalue weighted by Gasteiger charge is -2.26. The summed E-state index contributed by atoms with van der Waals surface area (Å²) >= 11 is 0. The van der Waals surface area contributed by atoms with Crippen molar-refractivity contribution >= 4 is 5.96 Å². The minimum absolute atomic E-state index is 0.412. The second-order valence-corrected chi connectivity index (χ2v) is 7.00. The van der Waals surface area contributed by atoms with Gasteiger partial charge in [0.25, 0.3) is 0 Å². The van der Waals surface area contributed by atoms with E-state index in [9.17, 15) is 0 Å². The summed E-state index contributed by atoms with van der Waals surface area (Å²) in [7, 11) is 3.89. The van der Waals surface area contributed by atoms with E-state index >= 15 is 0 Å².